The van der Waals surface area contributed by atoms with E-state index in [1.807, 2.05) is 32.3 Å². The van der Waals surface area contributed by atoms with E-state index in [-0.39, 0.29) is 5.91 Å². The Labute approximate surface area is 83.1 Å². The molecule has 4 nitrogen and oxygen atoms in total. The van der Waals surface area contributed by atoms with Crippen LogP contribution in [-0.4, -0.2) is 17.0 Å². The zero-order chi connectivity index (χ0) is 10.6. The second-order valence-corrected chi connectivity index (χ2v) is 3.18. The van der Waals surface area contributed by atoms with Gasteiger partial charge in [0.05, 0.1) is 12.5 Å². The van der Waals surface area contributed by atoms with Crippen LogP contribution in [0.25, 0.3) is 0 Å². The Kier molecular flexibility index (Phi) is 3.29. The van der Waals surface area contributed by atoms with Gasteiger partial charge in [-0.2, -0.15) is 5.26 Å². The molecule has 1 heterocycles. The SMILES string of the molecule is Cc1cc(C(=O)NCCC#N)n(C)c1. The van der Waals surface area contributed by atoms with Gasteiger partial charge < -0.3 is 9.88 Å². The zero-order valence-corrected chi connectivity index (χ0v) is 8.37. The molecule has 0 radical (unpaired) electrons. The van der Waals surface area contributed by atoms with E-state index in [1.165, 1.54) is 0 Å². The van der Waals surface area contributed by atoms with E-state index in [0.717, 1.165) is 5.56 Å². The standard InChI is InChI=1S/C10H13N3O/c1-8-6-9(13(2)7-8)10(14)12-5-3-4-11/h6-7H,3,5H2,1-2H3,(H,12,14). The van der Waals surface area contributed by atoms with Gasteiger partial charge in [0.2, 0.25) is 0 Å². The first-order valence-electron chi connectivity index (χ1n) is 4.43. The number of hydrogen-bond donors (Lipinski definition) is 1. The molecule has 14 heavy (non-hydrogen) atoms. The third kappa shape index (κ3) is 2.36. The van der Waals surface area contributed by atoms with Gasteiger partial charge in [-0.15, -0.1) is 0 Å². The summed E-state index contributed by atoms with van der Waals surface area (Å²) in [5, 5.41) is 11.0. The van der Waals surface area contributed by atoms with Gasteiger partial charge in [0, 0.05) is 19.8 Å². The summed E-state index contributed by atoms with van der Waals surface area (Å²) in [6.07, 6.45) is 2.23. The smallest absolute Gasteiger partial charge is 0.267 e. The first kappa shape index (κ1) is 10.3. The van der Waals surface area contributed by atoms with Crippen molar-refractivity contribution in [3.63, 3.8) is 0 Å². The zero-order valence-electron chi connectivity index (χ0n) is 8.37. The third-order valence-corrected chi connectivity index (χ3v) is 1.90. The number of aryl methyl sites for hydroxylation is 2. The Morgan fingerprint density at radius 3 is 2.93 bits per heavy atom. The number of nitrogens with zero attached hydrogens (tertiary/aromatic N) is 2. The van der Waals surface area contributed by atoms with E-state index in [2.05, 4.69) is 5.32 Å². The number of carbonyl (C=O) groups is 1. The molecule has 74 valence electrons. The van der Waals surface area contributed by atoms with Crippen LogP contribution in [0.15, 0.2) is 12.3 Å². The average molecular weight is 191 g/mol. The van der Waals surface area contributed by atoms with E-state index in [0.29, 0.717) is 18.7 Å². The molecule has 0 unspecified atom stereocenters. The minimum Gasteiger partial charge on any atom is -0.350 e. The van der Waals surface area contributed by atoms with Crippen molar-refractivity contribution in [2.24, 2.45) is 7.05 Å². The molecule has 0 aliphatic rings. The highest BCUT2D eigenvalue weighted by Gasteiger charge is 2.08. The molecule has 4 heteroatoms. The number of amides is 1. The quantitative estimate of drug-likeness (QED) is 0.724. The molecule has 0 aliphatic heterocycles. The van der Waals surface area contributed by atoms with Crippen LogP contribution in [0.5, 0.6) is 0 Å². The highest BCUT2D eigenvalue weighted by molar-refractivity contribution is 5.92. The van der Waals surface area contributed by atoms with Crippen molar-refractivity contribution < 1.29 is 4.79 Å². The van der Waals surface area contributed by atoms with Crippen LogP contribution < -0.4 is 5.32 Å². The minimum atomic E-state index is -0.129. The summed E-state index contributed by atoms with van der Waals surface area (Å²) in [5.74, 6) is -0.129. The highest BCUT2D eigenvalue weighted by Crippen LogP contribution is 2.05. The third-order valence-electron chi connectivity index (χ3n) is 1.90. The topological polar surface area (TPSA) is 57.8 Å². The van der Waals surface area contributed by atoms with Gasteiger partial charge in [-0.1, -0.05) is 0 Å². The number of aromatic nitrogens is 1. The molecule has 1 aromatic rings. The van der Waals surface area contributed by atoms with Gasteiger partial charge in [-0.3, -0.25) is 4.79 Å². The van der Waals surface area contributed by atoms with Gasteiger partial charge in [0.15, 0.2) is 0 Å². The second-order valence-electron chi connectivity index (χ2n) is 3.18. The maximum atomic E-state index is 11.5. The van der Waals surface area contributed by atoms with Crippen molar-refractivity contribution in [1.82, 2.24) is 9.88 Å². The fourth-order valence-corrected chi connectivity index (χ4v) is 1.28. The first-order valence-corrected chi connectivity index (χ1v) is 4.43. The second kappa shape index (κ2) is 4.47. The Bertz CT molecular complexity index is 373. The lowest BCUT2D eigenvalue weighted by Gasteiger charge is -2.02. The van der Waals surface area contributed by atoms with Crippen molar-refractivity contribution in [2.75, 3.05) is 6.54 Å². The van der Waals surface area contributed by atoms with E-state index >= 15 is 0 Å². The predicted octanol–water partition coefficient (Wildman–Crippen LogP) is 0.977. The van der Waals surface area contributed by atoms with Crippen molar-refractivity contribution in [1.29, 1.82) is 5.26 Å². The summed E-state index contributed by atoms with van der Waals surface area (Å²) >= 11 is 0. The summed E-state index contributed by atoms with van der Waals surface area (Å²) in [5.41, 5.74) is 1.68. The van der Waals surface area contributed by atoms with Gasteiger partial charge >= 0.3 is 0 Å². The maximum Gasteiger partial charge on any atom is 0.267 e. The normalized spacial score (nSPS) is 9.50. The lowest BCUT2D eigenvalue weighted by atomic mass is 10.3. The van der Waals surface area contributed by atoms with E-state index in [4.69, 9.17) is 5.26 Å². The Hall–Kier alpha value is -1.76. The monoisotopic (exact) mass is 191 g/mol. The van der Waals surface area contributed by atoms with Crippen molar-refractivity contribution >= 4 is 5.91 Å². The summed E-state index contributed by atoms with van der Waals surface area (Å²) < 4.78 is 1.77. The molecule has 0 aromatic carbocycles. The van der Waals surface area contributed by atoms with Crippen molar-refractivity contribution in [3.05, 3.63) is 23.5 Å². The van der Waals surface area contributed by atoms with Crippen LogP contribution in [0.1, 0.15) is 22.5 Å². The van der Waals surface area contributed by atoms with Gasteiger partial charge in [0.25, 0.3) is 5.91 Å². The number of carbonyl (C=O) groups excluding carboxylic acids is 1. The summed E-state index contributed by atoms with van der Waals surface area (Å²) in [6.45, 7) is 2.34. The van der Waals surface area contributed by atoms with E-state index in [9.17, 15) is 4.79 Å². The number of nitriles is 1. The fraction of sp³-hybridized carbons (Fsp3) is 0.400. The number of nitrogens with one attached hydrogen (secondary N) is 1. The van der Waals surface area contributed by atoms with Crippen LogP contribution in [0.3, 0.4) is 0 Å². The lowest BCUT2D eigenvalue weighted by molar-refractivity contribution is 0.0946. The first-order chi connectivity index (χ1) is 6.65. The largest absolute Gasteiger partial charge is 0.350 e. The molecule has 1 N–H and O–H groups in total. The van der Waals surface area contributed by atoms with Crippen LogP contribution in [0.2, 0.25) is 0 Å². The minimum absolute atomic E-state index is 0.129. The van der Waals surface area contributed by atoms with Crippen LogP contribution in [0.4, 0.5) is 0 Å². The Morgan fingerprint density at radius 2 is 2.43 bits per heavy atom. The molecule has 1 amide bonds. The fourth-order valence-electron chi connectivity index (χ4n) is 1.28. The molecule has 1 aromatic heterocycles. The van der Waals surface area contributed by atoms with Crippen LogP contribution in [-0.2, 0) is 7.05 Å². The Morgan fingerprint density at radius 1 is 1.71 bits per heavy atom. The van der Waals surface area contributed by atoms with E-state index < -0.39 is 0 Å². The van der Waals surface area contributed by atoms with Crippen molar-refractivity contribution in [3.8, 4) is 6.07 Å². The van der Waals surface area contributed by atoms with E-state index in [1.54, 1.807) is 4.57 Å². The highest BCUT2D eigenvalue weighted by atomic mass is 16.1. The molecule has 0 saturated heterocycles. The molecule has 1 rings (SSSR count). The van der Waals surface area contributed by atoms with Crippen molar-refractivity contribution in [2.45, 2.75) is 13.3 Å². The molecule has 0 atom stereocenters. The molecule has 0 spiro atoms. The lowest BCUT2D eigenvalue weighted by Crippen LogP contribution is -2.25. The molecular formula is C10H13N3O. The molecule has 0 fully saturated rings. The molecule has 0 saturated carbocycles. The number of rotatable bonds is 3. The van der Waals surface area contributed by atoms with Gasteiger partial charge in [-0.25, -0.2) is 0 Å². The predicted molar refractivity (Wildman–Crippen MR) is 52.7 cm³/mol. The summed E-state index contributed by atoms with van der Waals surface area (Å²) in [4.78, 5) is 11.5. The van der Waals surface area contributed by atoms with Crippen LogP contribution in [0, 0.1) is 18.3 Å². The Balaban J connectivity index is 2.61. The number of hydrogen-bond acceptors (Lipinski definition) is 2. The van der Waals surface area contributed by atoms with Gasteiger partial charge in [-0.05, 0) is 18.6 Å². The van der Waals surface area contributed by atoms with Gasteiger partial charge in [0.1, 0.15) is 5.69 Å². The molecule has 0 aliphatic carbocycles. The van der Waals surface area contributed by atoms with Crippen LogP contribution >= 0.6 is 0 Å². The average Bonchev–Trinajstić information content (AvgIpc) is 2.45. The maximum absolute atomic E-state index is 11.5. The summed E-state index contributed by atoms with van der Waals surface area (Å²) in [6, 6.07) is 3.79. The molecular weight excluding hydrogens is 178 g/mol. The molecule has 0 bridgehead atoms. The summed E-state index contributed by atoms with van der Waals surface area (Å²) in [7, 11) is 1.83.